The Bertz CT molecular complexity index is 517. The number of hydrogen-bond donors (Lipinski definition) is 0. The molecule has 2 rings (SSSR count). The summed E-state index contributed by atoms with van der Waals surface area (Å²) >= 11 is 5.77. The molecule has 0 aliphatic heterocycles. The Hall–Kier alpha value is -1.35. The zero-order valence-corrected chi connectivity index (χ0v) is 10.4. The third-order valence-electron chi connectivity index (χ3n) is 2.71. The van der Waals surface area contributed by atoms with Crippen LogP contribution in [0.4, 0.5) is 0 Å². The van der Waals surface area contributed by atoms with E-state index in [4.69, 9.17) is 11.6 Å². The van der Waals surface area contributed by atoms with Crippen LogP contribution in [0.2, 0.25) is 0 Å². The first-order valence-electron chi connectivity index (χ1n) is 5.15. The van der Waals surface area contributed by atoms with Gasteiger partial charge in [-0.3, -0.25) is 0 Å². The molecule has 0 fully saturated rings. The molecule has 0 aliphatic carbocycles. The molecule has 3 nitrogen and oxygen atoms in total. The monoisotopic (exact) mass is 235 g/mol. The molecule has 2 aromatic rings. The third kappa shape index (κ3) is 1.83. The number of nitrogens with zero attached hydrogens (tertiary/aromatic N) is 3. The van der Waals surface area contributed by atoms with Crippen LogP contribution in [0.5, 0.6) is 0 Å². The molecule has 0 radical (unpaired) electrons. The van der Waals surface area contributed by atoms with Crippen molar-refractivity contribution in [3.8, 4) is 11.4 Å². The highest BCUT2D eigenvalue weighted by Gasteiger charge is 2.11. The molecule has 1 aromatic heterocycles. The smallest absolute Gasteiger partial charge is 0.163 e. The number of benzene rings is 1. The highest BCUT2D eigenvalue weighted by atomic mass is 35.5. The maximum Gasteiger partial charge on any atom is 0.163 e. The van der Waals surface area contributed by atoms with Gasteiger partial charge in [-0.1, -0.05) is 23.8 Å². The highest BCUT2D eigenvalue weighted by molar-refractivity contribution is 6.16. The summed E-state index contributed by atoms with van der Waals surface area (Å²) in [6.45, 7) is 4.16. The Morgan fingerprint density at radius 2 is 2.00 bits per heavy atom. The van der Waals surface area contributed by atoms with Crippen molar-refractivity contribution in [2.75, 3.05) is 0 Å². The van der Waals surface area contributed by atoms with Crippen LogP contribution in [0.15, 0.2) is 18.2 Å². The van der Waals surface area contributed by atoms with Crippen molar-refractivity contribution in [2.45, 2.75) is 19.7 Å². The van der Waals surface area contributed by atoms with Crippen molar-refractivity contribution in [3.63, 3.8) is 0 Å². The van der Waals surface area contributed by atoms with Gasteiger partial charge in [0.05, 0.1) is 5.88 Å². The molecular formula is C12H14ClN3. The molecule has 0 spiro atoms. The number of aromatic nitrogens is 3. The van der Waals surface area contributed by atoms with Crippen molar-refractivity contribution in [2.24, 2.45) is 7.05 Å². The normalized spacial score (nSPS) is 10.8. The summed E-state index contributed by atoms with van der Waals surface area (Å²) in [6, 6.07) is 6.30. The van der Waals surface area contributed by atoms with E-state index >= 15 is 0 Å². The summed E-state index contributed by atoms with van der Waals surface area (Å²) in [5.41, 5.74) is 3.56. The molecule has 0 N–H and O–H groups in total. The van der Waals surface area contributed by atoms with E-state index in [1.807, 2.05) is 11.6 Å². The van der Waals surface area contributed by atoms with E-state index < -0.39 is 0 Å². The first kappa shape index (κ1) is 11.1. The lowest BCUT2D eigenvalue weighted by Crippen LogP contribution is -1.98. The Morgan fingerprint density at radius 1 is 1.25 bits per heavy atom. The van der Waals surface area contributed by atoms with Gasteiger partial charge in [0.25, 0.3) is 0 Å². The Balaban J connectivity index is 2.54. The van der Waals surface area contributed by atoms with E-state index in [-0.39, 0.29) is 0 Å². The molecule has 84 valence electrons. The largest absolute Gasteiger partial charge is 0.313 e. The van der Waals surface area contributed by atoms with Gasteiger partial charge in [0.1, 0.15) is 5.82 Å². The molecular weight excluding hydrogens is 222 g/mol. The summed E-state index contributed by atoms with van der Waals surface area (Å²) in [5.74, 6) is 2.04. The van der Waals surface area contributed by atoms with Crippen molar-refractivity contribution in [1.29, 1.82) is 0 Å². The zero-order chi connectivity index (χ0) is 11.7. The molecule has 0 saturated heterocycles. The molecule has 1 aromatic carbocycles. The van der Waals surface area contributed by atoms with E-state index in [1.54, 1.807) is 0 Å². The van der Waals surface area contributed by atoms with Crippen LogP contribution in [0.3, 0.4) is 0 Å². The van der Waals surface area contributed by atoms with Crippen LogP contribution in [-0.4, -0.2) is 14.8 Å². The van der Waals surface area contributed by atoms with E-state index in [0.717, 1.165) is 17.2 Å². The minimum absolute atomic E-state index is 0.383. The van der Waals surface area contributed by atoms with Gasteiger partial charge < -0.3 is 4.57 Å². The van der Waals surface area contributed by atoms with E-state index in [1.165, 1.54) is 11.1 Å². The lowest BCUT2D eigenvalue weighted by molar-refractivity contribution is 0.853. The molecule has 0 unspecified atom stereocenters. The van der Waals surface area contributed by atoms with Crippen molar-refractivity contribution >= 4 is 11.6 Å². The number of aryl methyl sites for hydroxylation is 2. The van der Waals surface area contributed by atoms with Crippen LogP contribution >= 0.6 is 11.6 Å². The van der Waals surface area contributed by atoms with Gasteiger partial charge >= 0.3 is 0 Å². The Morgan fingerprint density at radius 3 is 2.56 bits per heavy atom. The maximum absolute atomic E-state index is 5.77. The van der Waals surface area contributed by atoms with Gasteiger partial charge in [0.15, 0.2) is 5.82 Å². The minimum atomic E-state index is 0.383. The van der Waals surface area contributed by atoms with Crippen LogP contribution in [0.1, 0.15) is 17.0 Å². The standard InChI is InChI=1S/C12H14ClN3/c1-8-4-5-10(9(2)6-8)12-15-14-11(7-13)16(12)3/h4-6H,7H2,1-3H3. The van der Waals surface area contributed by atoms with Gasteiger partial charge in [-0.05, 0) is 19.4 Å². The molecule has 4 heteroatoms. The predicted molar refractivity (Wildman–Crippen MR) is 65.5 cm³/mol. The van der Waals surface area contributed by atoms with Crippen LogP contribution in [-0.2, 0) is 12.9 Å². The quantitative estimate of drug-likeness (QED) is 0.750. The summed E-state index contributed by atoms with van der Waals surface area (Å²) in [4.78, 5) is 0. The van der Waals surface area contributed by atoms with Crippen molar-refractivity contribution in [3.05, 3.63) is 35.2 Å². The fraction of sp³-hybridized carbons (Fsp3) is 0.333. The SMILES string of the molecule is Cc1ccc(-c2nnc(CCl)n2C)c(C)c1. The molecule has 0 bridgehead atoms. The average molecular weight is 236 g/mol. The second-order valence-electron chi connectivity index (χ2n) is 3.95. The minimum Gasteiger partial charge on any atom is -0.313 e. The second-order valence-corrected chi connectivity index (χ2v) is 4.22. The molecule has 0 amide bonds. The zero-order valence-electron chi connectivity index (χ0n) is 9.66. The van der Waals surface area contributed by atoms with Crippen LogP contribution in [0, 0.1) is 13.8 Å². The fourth-order valence-electron chi connectivity index (χ4n) is 1.78. The van der Waals surface area contributed by atoms with Gasteiger partial charge in [-0.2, -0.15) is 0 Å². The Kier molecular flexibility index (Phi) is 2.97. The van der Waals surface area contributed by atoms with Gasteiger partial charge in [0, 0.05) is 12.6 Å². The van der Waals surface area contributed by atoms with E-state index in [2.05, 4.69) is 42.2 Å². The van der Waals surface area contributed by atoms with Gasteiger partial charge in [-0.15, -0.1) is 21.8 Å². The number of alkyl halides is 1. The lowest BCUT2D eigenvalue weighted by atomic mass is 10.1. The molecule has 0 aliphatic rings. The number of hydrogen-bond acceptors (Lipinski definition) is 2. The predicted octanol–water partition coefficient (Wildman–Crippen LogP) is 2.84. The second kappa shape index (κ2) is 4.26. The Labute approximate surface area is 100 Å². The first-order valence-corrected chi connectivity index (χ1v) is 5.69. The lowest BCUT2D eigenvalue weighted by Gasteiger charge is -2.06. The number of rotatable bonds is 2. The summed E-state index contributed by atoms with van der Waals surface area (Å²) < 4.78 is 1.94. The fourth-order valence-corrected chi connectivity index (χ4v) is 2.01. The molecule has 16 heavy (non-hydrogen) atoms. The topological polar surface area (TPSA) is 30.7 Å². The van der Waals surface area contributed by atoms with Crippen LogP contribution < -0.4 is 0 Å². The molecule has 0 saturated carbocycles. The average Bonchev–Trinajstić information content (AvgIpc) is 2.60. The summed E-state index contributed by atoms with van der Waals surface area (Å²) in [5, 5.41) is 8.23. The van der Waals surface area contributed by atoms with Crippen molar-refractivity contribution in [1.82, 2.24) is 14.8 Å². The molecule has 1 heterocycles. The molecule has 0 atom stereocenters. The highest BCUT2D eigenvalue weighted by Crippen LogP contribution is 2.22. The van der Waals surface area contributed by atoms with Crippen molar-refractivity contribution < 1.29 is 0 Å². The van der Waals surface area contributed by atoms with Crippen LogP contribution in [0.25, 0.3) is 11.4 Å². The van der Waals surface area contributed by atoms with Gasteiger partial charge in [0.2, 0.25) is 0 Å². The van der Waals surface area contributed by atoms with Gasteiger partial charge in [-0.25, -0.2) is 0 Å². The maximum atomic E-state index is 5.77. The third-order valence-corrected chi connectivity index (χ3v) is 2.95. The first-order chi connectivity index (χ1) is 7.63. The summed E-state index contributed by atoms with van der Waals surface area (Å²) in [7, 11) is 1.94. The summed E-state index contributed by atoms with van der Waals surface area (Å²) in [6.07, 6.45) is 0. The van der Waals surface area contributed by atoms with E-state index in [0.29, 0.717) is 5.88 Å². The van der Waals surface area contributed by atoms with E-state index in [9.17, 15) is 0 Å². The number of halogens is 1.